The Kier molecular flexibility index (Phi) is 8.20. The van der Waals surface area contributed by atoms with Crippen molar-refractivity contribution in [2.75, 3.05) is 19.8 Å². The van der Waals surface area contributed by atoms with Gasteiger partial charge in [0.1, 0.15) is 29.7 Å². The SMILES string of the molecule is CC(CCc1ccc(O)cc1)OC1OC(COC2OCC(O)(CO)C2O)C(O)C(=O)C1O. The molecule has 0 aliphatic carbocycles. The van der Waals surface area contributed by atoms with Crippen LogP contribution in [-0.4, -0.2) is 105 Å². The molecule has 8 unspecified atom stereocenters. The molecule has 180 valence electrons. The number of aryl methyl sites for hydroxylation is 1. The number of carbonyl (C=O) groups excluding carboxylic acids is 1. The van der Waals surface area contributed by atoms with E-state index in [1.165, 1.54) is 0 Å². The predicted molar refractivity (Wildman–Crippen MR) is 106 cm³/mol. The van der Waals surface area contributed by atoms with Crippen LogP contribution in [0, 0.1) is 0 Å². The molecule has 0 amide bonds. The van der Waals surface area contributed by atoms with Crippen molar-refractivity contribution >= 4 is 5.78 Å². The van der Waals surface area contributed by atoms with Crippen LogP contribution in [0.25, 0.3) is 0 Å². The number of aromatic hydroxyl groups is 1. The summed E-state index contributed by atoms with van der Waals surface area (Å²) in [5, 5.41) is 58.8. The van der Waals surface area contributed by atoms with Crippen LogP contribution in [-0.2, 0) is 30.2 Å². The standard InChI is InChI=1S/C21H30O11/c1-11(2-3-12-4-6-13(23)7-5-12)31-19-17(26)16(25)15(24)14(32-19)8-29-20-18(27)21(28,9-22)10-30-20/h4-7,11,14-15,17-20,22-24,26-28H,2-3,8-10H2,1H3. The molecule has 2 aliphatic rings. The van der Waals surface area contributed by atoms with Gasteiger partial charge in [-0.2, -0.15) is 0 Å². The highest BCUT2D eigenvalue weighted by Crippen LogP contribution is 2.27. The number of carbonyl (C=O) groups is 1. The molecule has 2 aliphatic heterocycles. The summed E-state index contributed by atoms with van der Waals surface area (Å²) < 4.78 is 21.7. The summed E-state index contributed by atoms with van der Waals surface area (Å²) in [5.74, 6) is -0.723. The van der Waals surface area contributed by atoms with Crippen molar-refractivity contribution in [2.24, 2.45) is 0 Å². The van der Waals surface area contributed by atoms with Gasteiger partial charge in [0, 0.05) is 0 Å². The number of hydrogen-bond acceptors (Lipinski definition) is 11. The number of benzene rings is 1. The number of ketones is 1. The molecular weight excluding hydrogens is 428 g/mol. The van der Waals surface area contributed by atoms with Crippen molar-refractivity contribution in [3.8, 4) is 5.75 Å². The largest absolute Gasteiger partial charge is 0.508 e. The molecule has 0 radical (unpaired) electrons. The Bertz CT molecular complexity index is 757. The lowest BCUT2D eigenvalue weighted by molar-refractivity contribution is -0.277. The van der Waals surface area contributed by atoms with E-state index in [2.05, 4.69) is 0 Å². The first-order valence-electron chi connectivity index (χ1n) is 10.4. The van der Waals surface area contributed by atoms with Gasteiger partial charge in [0.2, 0.25) is 0 Å². The molecule has 1 aromatic carbocycles. The molecule has 1 aromatic rings. The normalized spacial score (nSPS) is 36.4. The van der Waals surface area contributed by atoms with Crippen molar-refractivity contribution in [1.82, 2.24) is 0 Å². The fourth-order valence-corrected chi connectivity index (χ4v) is 3.50. The predicted octanol–water partition coefficient (Wildman–Crippen LogP) is -1.80. The van der Waals surface area contributed by atoms with Crippen LogP contribution < -0.4 is 0 Å². The Hall–Kier alpha value is -1.67. The molecule has 2 fully saturated rings. The Morgan fingerprint density at radius 1 is 1.16 bits per heavy atom. The molecular formula is C21H30O11. The van der Waals surface area contributed by atoms with E-state index in [1.54, 1.807) is 31.2 Å². The van der Waals surface area contributed by atoms with Crippen LogP contribution in [0.5, 0.6) is 5.75 Å². The lowest BCUT2D eigenvalue weighted by Crippen LogP contribution is -2.58. The molecule has 0 aromatic heterocycles. The smallest absolute Gasteiger partial charge is 0.197 e. The van der Waals surface area contributed by atoms with E-state index < -0.39 is 67.7 Å². The maximum atomic E-state index is 12.3. The van der Waals surface area contributed by atoms with Gasteiger partial charge in [-0.05, 0) is 37.5 Å². The summed E-state index contributed by atoms with van der Waals surface area (Å²) in [6.45, 7) is 0.255. The molecule has 0 bridgehead atoms. The summed E-state index contributed by atoms with van der Waals surface area (Å²) in [5.41, 5.74) is -0.902. The first kappa shape index (κ1) is 25.0. The monoisotopic (exact) mass is 458 g/mol. The molecule has 6 N–H and O–H groups in total. The van der Waals surface area contributed by atoms with E-state index in [0.29, 0.717) is 12.8 Å². The number of ether oxygens (including phenoxy) is 4. The zero-order valence-electron chi connectivity index (χ0n) is 17.6. The summed E-state index contributed by atoms with van der Waals surface area (Å²) in [6, 6.07) is 6.70. The maximum Gasteiger partial charge on any atom is 0.197 e. The van der Waals surface area contributed by atoms with E-state index in [1.807, 2.05) is 0 Å². The van der Waals surface area contributed by atoms with Gasteiger partial charge >= 0.3 is 0 Å². The van der Waals surface area contributed by atoms with E-state index in [-0.39, 0.29) is 12.4 Å². The number of rotatable bonds is 9. The van der Waals surface area contributed by atoms with Crippen LogP contribution >= 0.6 is 0 Å². The van der Waals surface area contributed by atoms with Crippen LogP contribution in [0.3, 0.4) is 0 Å². The van der Waals surface area contributed by atoms with E-state index in [9.17, 15) is 35.4 Å². The molecule has 0 saturated carbocycles. The topological polar surface area (TPSA) is 175 Å². The van der Waals surface area contributed by atoms with E-state index in [0.717, 1.165) is 5.56 Å². The van der Waals surface area contributed by atoms with Crippen LogP contribution in [0.4, 0.5) is 0 Å². The lowest BCUT2D eigenvalue weighted by Gasteiger charge is -2.37. The fraction of sp³-hybridized carbons (Fsp3) is 0.667. The van der Waals surface area contributed by atoms with E-state index in [4.69, 9.17) is 18.9 Å². The molecule has 11 heteroatoms. The molecule has 2 saturated heterocycles. The van der Waals surface area contributed by atoms with Gasteiger partial charge in [-0.1, -0.05) is 12.1 Å². The number of Topliss-reactive ketones (excluding diaryl/α,β-unsaturated/α-hetero) is 1. The summed E-state index contributed by atoms with van der Waals surface area (Å²) in [7, 11) is 0. The van der Waals surface area contributed by atoms with Gasteiger partial charge in [0.05, 0.1) is 25.9 Å². The van der Waals surface area contributed by atoms with Crippen LogP contribution in [0.2, 0.25) is 0 Å². The highest BCUT2D eigenvalue weighted by atomic mass is 16.7. The minimum atomic E-state index is -1.87. The average Bonchev–Trinajstić information content (AvgIpc) is 3.07. The van der Waals surface area contributed by atoms with Crippen molar-refractivity contribution < 1.29 is 54.4 Å². The van der Waals surface area contributed by atoms with Crippen molar-refractivity contribution in [1.29, 1.82) is 0 Å². The second-order valence-corrected chi connectivity index (χ2v) is 8.21. The highest BCUT2D eigenvalue weighted by Gasteiger charge is 2.50. The van der Waals surface area contributed by atoms with Gasteiger partial charge < -0.3 is 49.6 Å². The first-order valence-corrected chi connectivity index (χ1v) is 10.4. The zero-order chi connectivity index (χ0) is 23.5. The van der Waals surface area contributed by atoms with Crippen molar-refractivity contribution in [3.05, 3.63) is 29.8 Å². The minimum absolute atomic E-state index is 0.165. The Morgan fingerprint density at radius 2 is 1.84 bits per heavy atom. The summed E-state index contributed by atoms with van der Waals surface area (Å²) >= 11 is 0. The second kappa shape index (κ2) is 10.5. The van der Waals surface area contributed by atoms with Crippen LogP contribution in [0.1, 0.15) is 18.9 Å². The third-order valence-corrected chi connectivity index (χ3v) is 5.65. The molecule has 3 rings (SSSR count). The second-order valence-electron chi connectivity index (χ2n) is 8.21. The zero-order valence-corrected chi connectivity index (χ0v) is 17.6. The Labute approximate surface area is 184 Å². The van der Waals surface area contributed by atoms with Crippen LogP contribution in [0.15, 0.2) is 24.3 Å². The number of phenols is 1. The van der Waals surface area contributed by atoms with Crippen molar-refractivity contribution in [2.45, 2.75) is 68.5 Å². The Morgan fingerprint density at radius 3 is 2.47 bits per heavy atom. The number of phenolic OH excluding ortho intramolecular Hbond substituents is 1. The average molecular weight is 458 g/mol. The third-order valence-electron chi connectivity index (χ3n) is 5.65. The first-order chi connectivity index (χ1) is 15.1. The number of aliphatic hydroxyl groups is 5. The lowest BCUT2D eigenvalue weighted by atomic mass is 10.0. The van der Waals surface area contributed by atoms with E-state index >= 15 is 0 Å². The Balaban J connectivity index is 1.53. The fourth-order valence-electron chi connectivity index (χ4n) is 3.50. The molecule has 2 heterocycles. The number of aliphatic hydroxyl groups excluding tert-OH is 4. The summed E-state index contributed by atoms with van der Waals surface area (Å²) in [6.07, 6.45) is -8.01. The minimum Gasteiger partial charge on any atom is -0.508 e. The summed E-state index contributed by atoms with van der Waals surface area (Å²) in [4.78, 5) is 12.3. The van der Waals surface area contributed by atoms with Gasteiger partial charge in [-0.3, -0.25) is 4.79 Å². The number of hydrogen-bond donors (Lipinski definition) is 6. The van der Waals surface area contributed by atoms with Gasteiger partial charge in [0.25, 0.3) is 0 Å². The maximum absolute atomic E-state index is 12.3. The van der Waals surface area contributed by atoms with Crippen molar-refractivity contribution in [3.63, 3.8) is 0 Å². The highest BCUT2D eigenvalue weighted by molar-refractivity contribution is 5.88. The third kappa shape index (κ3) is 5.63. The van der Waals surface area contributed by atoms with Gasteiger partial charge in [-0.15, -0.1) is 0 Å². The molecule has 0 spiro atoms. The van der Waals surface area contributed by atoms with Gasteiger partial charge in [-0.25, -0.2) is 0 Å². The van der Waals surface area contributed by atoms with Gasteiger partial charge in [0.15, 0.2) is 24.5 Å². The molecule has 8 atom stereocenters. The molecule has 11 nitrogen and oxygen atoms in total. The molecule has 32 heavy (non-hydrogen) atoms. The quantitative estimate of drug-likeness (QED) is 0.246.